The second-order valence-corrected chi connectivity index (χ2v) is 8.78. The molecule has 0 saturated heterocycles. The molecule has 0 fully saturated rings. The summed E-state index contributed by atoms with van der Waals surface area (Å²) in [5, 5.41) is 3.39. The number of imidazole rings is 1. The molecule has 1 unspecified atom stereocenters. The minimum Gasteiger partial charge on any atom is -0.497 e. The fraction of sp³-hybridized carbons (Fsp3) is 0.185. The van der Waals surface area contributed by atoms with Crippen molar-refractivity contribution in [2.45, 2.75) is 23.8 Å². The predicted molar refractivity (Wildman–Crippen MR) is 138 cm³/mol. The molecule has 0 aliphatic carbocycles. The summed E-state index contributed by atoms with van der Waals surface area (Å²) >= 11 is 1.43. The van der Waals surface area contributed by atoms with Crippen LogP contribution in [0, 0.1) is 0 Å². The third kappa shape index (κ3) is 5.43. The van der Waals surface area contributed by atoms with E-state index in [-0.39, 0.29) is 11.2 Å². The van der Waals surface area contributed by atoms with E-state index in [0.29, 0.717) is 11.6 Å². The first-order chi connectivity index (χ1) is 16.6. The van der Waals surface area contributed by atoms with Gasteiger partial charge in [-0.25, -0.2) is 4.98 Å². The molecule has 4 aromatic rings. The van der Waals surface area contributed by atoms with Gasteiger partial charge in [-0.2, -0.15) is 0 Å². The number of aromatic nitrogens is 2. The van der Waals surface area contributed by atoms with E-state index in [0.717, 1.165) is 39.7 Å². The number of hydrogen-bond acceptors (Lipinski definition) is 5. The van der Waals surface area contributed by atoms with E-state index >= 15 is 0 Å². The molecule has 0 aliphatic rings. The van der Waals surface area contributed by atoms with Crippen LogP contribution >= 0.6 is 11.8 Å². The van der Waals surface area contributed by atoms with Gasteiger partial charge in [-0.1, -0.05) is 36.9 Å². The number of aromatic amines is 1. The number of H-pyrrole nitrogens is 1. The Morgan fingerprint density at radius 1 is 0.912 bits per heavy atom. The maximum Gasteiger partial charge on any atom is 0.237 e. The molecule has 4 rings (SSSR count). The number of amides is 1. The zero-order valence-electron chi connectivity index (χ0n) is 19.4. The Morgan fingerprint density at radius 3 is 2.06 bits per heavy atom. The van der Waals surface area contributed by atoms with Crippen molar-refractivity contribution in [1.82, 2.24) is 9.97 Å². The van der Waals surface area contributed by atoms with Gasteiger partial charge in [0.05, 0.1) is 30.9 Å². The highest BCUT2D eigenvalue weighted by molar-refractivity contribution is 8.00. The standard InChI is InChI=1S/C27H27N3O3S/c1-4-23(26(31)28-20-8-6-5-7-9-20)34-27-29-24(18-10-14-21(32-2)15-11-18)25(30-27)19-12-16-22(33-3)17-13-19/h5-17,23H,4H2,1-3H3,(H,28,31)(H,29,30). The molecule has 0 spiro atoms. The van der Waals surface area contributed by atoms with Crippen molar-refractivity contribution >= 4 is 23.4 Å². The van der Waals surface area contributed by atoms with E-state index in [9.17, 15) is 4.79 Å². The number of para-hydroxylation sites is 1. The van der Waals surface area contributed by atoms with Crippen LogP contribution in [0.5, 0.6) is 11.5 Å². The Balaban J connectivity index is 1.65. The lowest BCUT2D eigenvalue weighted by Gasteiger charge is -2.13. The van der Waals surface area contributed by atoms with Crippen molar-refractivity contribution in [2.75, 3.05) is 19.5 Å². The third-order valence-electron chi connectivity index (χ3n) is 5.38. The first-order valence-electron chi connectivity index (χ1n) is 11.0. The smallest absolute Gasteiger partial charge is 0.237 e. The summed E-state index contributed by atoms with van der Waals surface area (Å²) in [6.45, 7) is 2.00. The molecule has 0 radical (unpaired) electrons. The first-order valence-corrected chi connectivity index (χ1v) is 11.9. The number of ether oxygens (including phenoxy) is 2. The fourth-order valence-electron chi connectivity index (χ4n) is 3.53. The molecule has 3 aromatic carbocycles. The topological polar surface area (TPSA) is 76.2 Å². The van der Waals surface area contributed by atoms with E-state index < -0.39 is 0 Å². The van der Waals surface area contributed by atoms with Crippen molar-refractivity contribution in [1.29, 1.82) is 0 Å². The van der Waals surface area contributed by atoms with E-state index in [1.54, 1.807) is 14.2 Å². The molecular weight excluding hydrogens is 446 g/mol. The van der Waals surface area contributed by atoms with Crippen LogP contribution in [0.3, 0.4) is 0 Å². The first kappa shape index (κ1) is 23.4. The number of rotatable bonds is 9. The number of carbonyl (C=O) groups excluding carboxylic acids is 1. The second-order valence-electron chi connectivity index (χ2n) is 7.59. The van der Waals surface area contributed by atoms with E-state index in [2.05, 4.69) is 10.3 Å². The number of benzene rings is 3. The lowest BCUT2D eigenvalue weighted by molar-refractivity contribution is -0.115. The Hall–Kier alpha value is -3.71. The number of nitrogens with zero attached hydrogens (tertiary/aromatic N) is 1. The van der Waals surface area contributed by atoms with Crippen LogP contribution in [0.2, 0.25) is 0 Å². The quantitative estimate of drug-likeness (QED) is 0.280. The maximum absolute atomic E-state index is 12.9. The van der Waals surface area contributed by atoms with Crippen LogP contribution in [0.4, 0.5) is 5.69 Å². The van der Waals surface area contributed by atoms with Crippen LogP contribution in [0.25, 0.3) is 22.5 Å². The highest BCUT2D eigenvalue weighted by atomic mass is 32.2. The SMILES string of the molecule is CCC(Sc1nc(-c2ccc(OC)cc2)c(-c2ccc(OC)cc2)[nH]1)C(=O)Nc1ccccc1. The average molecular weight is 474 g/mol. The Bertz CT molecular complexity index is 1160. The summed E-state index contributed by atoms with van der Waals surface area (Å²) in [7, 11) is 3.29. The summed E-state index contributed by atoms with van der Waals surface area (Å²) in [5.41, 5.74) is 4.41. The van der Waals surface area contributed by atoms with Crippen LogP contribution in [0.15, 0.2) is 84.0 Å². The lowest BCUT2D eigenvalue weighted by Crippen LogP contribution is -2.24. The van der Waals surface area contributed by atoms with Gasteiger partial charge in [0.1, 0.15) is 11.5 Å². The summed E-state index contributed by atoms with van der Waals surface area (Å²) in [5.74, 6) is 1.52. The molecule has 0 aliphatic heterocycles. The zero-order valence-corrected chi connectivity index (χ0v) is 20.2. The molecular formula is C27H27N3O3S. The predicted octanol–water partition coefficient (Wildman–Crippen LogP) is 6.27. The number of nitrogens with one attached hydrogen (secondary N) is 2. The van der Waals surface area contributed by atoms with Crippen molar-refractivity contribution in [2.24, 2.45) is 0 Å². The molecule has 1 aromatic heterocycles. The molecule has 174 valence electrons. The molecule has 0 saturated carbocycles. The maximum atomic E-state index is 12.9. The number of methoxy groups -OCH3 is 2. The molecule has 1 amide bonds. The number of carbonyl (C=O) groups is 1. The van der Waals surface area contributed by atoms with Gasteiger partial charge in [-0.3, -0.25) is 4.79 Å². The minimum absolute atomic E-state index is 0.0490. The number of hydrogen-bond donors (Lipinski definition) is 2. The molecule has 6 nitrogen and oxygen atoms in total. The lowest BCUT2D eigenvalue weighted by atomic mass is 10.0. The van der Waals surface area contributed by atoms with Gasteiger partial charge in [-0.05, 0) is 67.1 Å². The molecule has 34 heavy (non-hydrogen) atoms. The fourth-order valence-corrected chi connectivity index (χ4v) is 4.44. The number of anilines is 1. The van der Waals surface area contributed by atoms with Crippen LogP contribution in [-0.4, -0.2) is 35.3 Å². The Kier molecular flexibility index (Phi) is 7.54. The summed E-state index contributed by atoms with van der Waals surface area (Å²) in [6.07, 6.45) is 0.666. The largest absolute Gasteiger partial charge is 0.497 e. The van der Waals surface area contributed by atoms with Crippen molar-refractivity contribution in [3.05, 3.63) is 78.9 Å². The highest BCUT2D eigenvalue weighted by Crippen LogP contribution is 2.35. The highest BCUT2D eigenvalue weighted by Gasteiger charge is 2.22. The van der Waals surface area contributed by atoms with Gasteiger partial charge in [-0.15, -0.1) is 0 Å². The van der Waals surface area contributed by atoms with E-state index in [1.807, 2.05) is 85.8 Å². The van der Waals surface area contributed by atoms with Crippen LogP contribution in [0.1, 0.15) is 13.3 Å². The van der Waals surface area contributed by atoms with E-state index in [1.165, 1.54) is 11.8 Å². The Labute approximate surface area is 203 Å². The van der Waals surface area contributed by atoms with Gasteiger partial charge in [0.25, 0.3) is 0 Å². The van der Waals surface area contributed by atoms with Gasteiger partial charge >= 0.3 is 0 Å². The van der Waals surface area contributed by atoms with Crippen molar-refractivity contribution in [3.63, 3.8) is 0 Å². The van der Waals surface area contributed by atoms with Gasteiger partial charge in [0.2, 0.25) is 5.91 Å². The van der Waals surface area contributed by atoms with Gasteiger partial charge in [0.15, 0.2) is 5.16 Å². The summed E-state index contributed by atoms with van der Waals surface area (Å²) in [6, 6.07) is 25.1. The molecule has 1 heterocycles. The molecule has 0 bridgehead atoms. The third-order valence-corrected chi connectivity index (χ3v) is 6.63. The van der Waals surface area contributed by atoms with E-state index in [4.69, 9.17) is 14.5 Å². The number of thioether (sulfide) groups is 1. The van der Waals surface area contributed by atoms with Crippen molar-refractivity contribution in [3.8, 4) is 34.0 Å². The minimum atomic E-state index is -0.293. The zero-order chi connectivity index (χ0) is 23.9. The summed E-state index contributed by atoms with van der Waals surface area (Å²) < 4.78 is 10.6. The van der Waals surface area contributed by atoms with Gasteiger partial charge in [0, 0.05) is 16.8 Å². The molecule has 2 N–H and O–H groups in total. The molecule has 7 heteroatoms. The van der Waals surface area contributed by atoms with Gasteiger partial charge < -0.3 is 19.8 Å². The normalized spacial score (nSPS) is 11.6. The molecule has 1 atom stereocenters. The van der Waals surface area contributed by atoms with Crippen LogP contribution < -0.4 is 14.8 Å². The Morgan fingerprint density at radius 2 is 1.50 bits per heavy atom. The van der Waals surface area contributed by atoms with Crippen LogP contribution in [-0.2, 0) is 4.79 Å². The summed E-state index contributed by atoms with van der Waals surface area (Å²) in [4.78, 5) is 21.3. The second kappa shape index (κ2) is 10.9. The monoisotopic (exact) mass is 473 g/mol. The van der Waals surface area contributed by atoms with Crippen molar-refractivity contribution < 1.29 is 14.3 Å². The average Bonchev–Trinajstić information content (AvgIpc) is 3.31.